The lowest BCUT2D eigenvalue weighted by Gasteiger charge is -2.00. The van der Waals surface area contributed by atoms with E-state index in [1.807, 2.05) is 19.9 Å². The van der Waals surface area contributed by atoms with E-state index >= 15 is 0 Å². The van der Waals surface area contributed by atoms with Crippen molar-refractivity contribution in [1.82, 2.24) is 24.6 Å². The standard InChI is InChI=1S/C19H16F2N6OS/c1-10-5-11(2)27-18(23-10)24-16(26-27)8-17(28)25-19-22-9-13(29-19)6-12-3-4-14(20)15(21)7-12/h3-5,7,9H,6,8H2,1-2H3,(H,22,25,28). The molecular formula is C19H16F2N6OS. The second kappa shape index (κ2) is 7.63. The average molecular weight is 414 g/mol. The molecule has 1 N–H and O–H groups in total. The van der Waals surface area contributed by atoms with Gasteiger partial charge in [0.25, 0.3) is 5.78 Å². The fourth-order valence-electron chi connectivity index (χ4n) is 2.89. The first-order chi connectivity index (χ1) is 13.9. The molecule has 0 saturated carbocycles. The number of rotatable bonds is 5. The summed E-state index contributed by atoms with van der Waals surface area (Å²) in [5, 5.41) is 7.44. The van der Waals surface area contributed by atoms with Crippen LogP contribution >= 0.6 is 11.3 Å². The summed E-state index contributed by atoms with van der Waals surface area (Å²) < 4.78 is 27.9. The second-order valence-electron chi connectivity index (χ2n) is 6.56. The molecule has 1 aromatic carbocycles. The summed E-state index contributed by atoms with van der Waals surface area (Å²) >= 11 is 1.27. The van der Waals surface area contributed by atoms with Crippen LogP contribution in [0.1, 0.15) is 27.7 Å². The van der Waals surface area contributed by atoms with Crippen molar-refractivity contribution in [3.05, 3.63) is 69.7 Å². The number of anilines is 1. The second-order valence-corrected chi connectivity index (χ2v) is 7.68. The number of fused-ring (bicyclic) bond motifs is 1. The minimum Gasteiger partial charge on any atom is -0.302 e. The van der Waals surface area contributed by atoms with Gasteiger partial charge in [0.1, 0.15) is 0 Å². The van der Waals surface area contributed by atoms with Gasteiger partial charge in [0, 0.05) is 28.9 Å². The molecule has 0 unspecified atom stereocenters. The minimum atomic E-state index is -0.889. The van der Waals surface area contributed by atoms with Crippen molar-refractivity contribution in [2.75, 3.05) is 5.32 Å². The van der Waals surface area contributed by atoms with Crippen LogP contribution in [0.25, 0.3) is 5.78 Å². The summed E-state index contributed by atoms with van der Waals surface area (Å²) in [6.45, 7) is 3.76. The highest BCUT2D eigenvalue weighted by Gasteiger charge is 2.14. The van der Waals surface area contributed by atoms with Crippen molar-refractivity contribution < 1.29 is 13.6 Å². The smallest absolute Gasteiger partial charge is 0.252 e. The summed E-state index contributed by atoms with van der Waals surface area (Å²) in [4.78, 5) is 25.9. The van der Waals surface area contributed by atoms with Gasteiger partial charge in [-0.2, -0.15) is 4.98 Å². The van der Waals surface area contributed by atoms with Crippen molar-refractivity contribution in [2.45, 2.75) is 26.7 Å². The molecule has 0 aliphatic carbocycles. The Kier molecular flexibility index (Phi) is 5.01. The minimum absolute atomic E-state index is 0.0140. The monoisotopic (exact) mass is 414 g/mol. The number of hydrogen-bond donors (Lipinski definition) is 1. The van der Waals surface area contributed by atoms with E-state index in [4.69, 9.17) is 0 Å². The SMILES string of the molecule is Cc1cc(C)n2nc(CC(=O)Nc3ncc(Cc4ccc(F)c(F)c4)s3)nc2n1. The summed E-state index contributed by atoms with van der Waals surface area (Å²) in [6.07, 6.45) is 1.98. The lowest BCUT2D eigenvalue weighted by atomic mass is 10.1. The molecule has 4 aromatic rings. The molecule has 3 aromatic heterocycles. The number of aromatic nitrogens is 5. The Morgan fingerprint density at radius 1 is 1.17 bits per heavy atom. The molecule has 0 radical (unpaired) electrons. The Hall–Kier alpha value is -3.27. The molecule has 0 atom stereocenters. The zero-order valence-corrected chi connectivity index (χ0v) is 16.4. The van der Waals surface area contributed by atoms with Gasteiger partial charge in [0.2, 0.25) is 5.91 Å². The van der Waals surface area contributed by atoms with Crippen LogP contribution < -0.4 is 5.32 Å². The predicted octanol–water partition coefficient (Wildman–Crippen LogP) is 3.25. The number of halogens is 2. The molecule has 0 saturated heterocycles. The molecule has 29 heavy (non-hydrogen) atoms. The van der Waals surface area contributed by atoms with Gasteiger partial charge in [-0.05, 0) is 37.6 Å². The zero-order valence-electron chi connectivity index (χ0n) is 15.6. The first kappa shape index (κ1) is 19.1. The van der Waals surface area contributed by atoms with E-state index in [1.165, 1.54) is 17.4 Å². The van der Waals surface area contributed by atoms with Crippen molar-refractivity contribution in [2.24, 2.45) is 0 Å². The zero-order chi connectivity index (χ0) is 20.5. The third-order valence-corrected chi connectivity index (χ3v) is 5.06. The maximum absolute atomic E-state index is 13.3. The molecule has 10 heteroatoms. The van der Waals surface area contributed by atoms with Gasteiger partial charge in [-0.1, -0.05) is 6.07 Å². The summed E-state index contributed by atoms with van der Waals surface area (Å²) in [6, 6.07) is 5.65. The van der Waals surface area contributed by atoms with Crippen LogP contribution in [0.3, 0.4) is 0 Å². The van der Waals surface area contributed by atoms with Crippen molar-refractivity contribution >= 4 is 28.2 Å². The Labute approximate surface area is 168 Å². The Balaban J connectivity index is 1.41. The van der Waals surface area contributed by atoms with Gasteiger partial charge < -0.3 is 5.32 Å². The van der Waals surface area contributed by atoms with Gasteiger partial charge in [-0.15, -0.1) is 16.4 Å². The number of carbonyl (C=O) groups is 1. The number of aryl methyl sites for hydroxylation is 2. The van der Waals surface area contributed by atoms with Crippen molar-refractivity contribution in [1.29, 1.82) is 0 Å². The molecule has 7 nitrogen and oxygen atoms in total. The lowest BCUT2D eigenvalue weighted by Crippen LogP contribution is -2.15. The van der Waals surface area contributed by atoms with Gasteiger partial charge >= 0.3 is 0 Å². The number of carbonyl (C=O) groups excluding carboxylic acids is 1. The maximum Gasteiger partial charge on any atom is 0.252 e. The number of nitrogens with zero attached hydrogens (tertiary/aromatic N) is 5. The predicted molar refractivity (Wildman–Crippen MR) is 104 cm³/mol. The quantitative estimate of drug-likeness (QED) is 0.542. The summed E-state index contributed by atoms with van der Waals surface area (Å²) in [7, 11) is 0. The normalized spacial score (nSPS) is 11.2. The number of thiazole rings is 1. The third kappa shape index (κ3) is 4.27. The Morgan fingerprint density at radius 2 is 2.00 bits per heavy atom. The van der Waals surface area contributed by atoms with E-state index in [0.29, 0.717) is 28.7 Å². The van der Waals surface area contributed by atoms with E-state index in [-0.39, 0.29) is 12.3 Å². The molecule has 0 bridgehead atoms. The van der Waals surface area contributed by atoms with Crippen LogP contribution in [0.2, 0.25) is 0 Å². The largest absolute Gasteiger partial charge is 0.302 e. The third-order valence-electron chi connectivity index (χ3n) is 4.14. The van der Waals surface area contributed by atoms with Crippen LogP contribution in [0.4, 0.5) is 13.9 Å². The van der Waals surface area contributed by atoms with Gasteiger partial charge in [-0.3, -0.25) is 4.79 Å². The molecule has 148 valence electrons. The van der Waals surface area contributed by atoms with Gasteiger partial charge in [0.05, 0.1) is 6.42 Å². The topological polar surface area (TPSA) is 85.1 Å². The van der Waals surface area contributed by atoms with E-state index in [1.54, 1.807) is 10.7 Å². The summed E-state index contributed by atoms with van der Waals surface area (Å²) in [5.41, 5.74) is 2.33. The Bertz CT molecular complexity index is 1220. The molecule has 0 aliphatic rings. The van der Waals surface area contributed by atoms with Crippen LogP contribution in [-0.4, -0.2) is 30.5 Å². The fraction of sp³-hybridized carbons (Fsp3) is 0.211. The molecular weight excluding hydrogens is 398 g/mol. The molecule has 0 aliphatic heterocycles. The molecule has 1 amide bonds. The highest BCUT2D eigenvalue weighted by atomic mass is 32.1. The number of nitrogens with one attached hydrogen (secondary N) is 1. The van der Waals surface area contributed by atoms with Crippen LogP contribution in [0.5, 0.6) is 0 Å². The van der Waals surface area contributed by atoms with Crippen molar-refractivity contribution in [3.63, 3.8) is 0 Å². The van der Waals surface area contributed by atoms with Gasteiger partial charge in [0.15, 0.2) is 22.6 Å². The highest BCUT2D eigenvalue weighted by molar-refractivity contribution is 7.15. The van der Waals surface area contributed by atoms with E-state index in [2.05, 4.69) is 25.4 Å². The molecule has 0 spiro atoms. The van der Waals surface area contributed by atoms with Crippen LogP contribution in [-0.2, 0) is 17.6 Å². The number of benzene rings is 1. The van der Waals surface area contributed by atoms with E-state index < -0.39 is 11.6 Å². The maximum atomic E-state index is 13.3. The van der Waals surface area contributed by atoms with Crippen LogP contribution in [0, 0.1) is 25.5 Å². The Morgan fingerprint density at radius 3 is 2.79 bits per heavy atom. The van der Waals surface area contributed by atoms with Gasteiger partial charge in [-0.25, -0.2) is 23.3 Å². The number of amides is 1. The van der Waals surface area contributed by atoms with Crippen LogP contribution in [0.15, 0.2) is 30.5 Å². The lowest BCUT2D eigenvalue weighted by molar-refractivity contribution is -0.115. The molecule has 3 heterocycles. The van der Waals surface area contributed by atoms with E-state index in [0.717, 1.165) is 28.4 Å². The molecule has 0 fully saturated rings. The van der Waals surface area contributed by atoms with E-state index in [9.17, 15) is 13.6 Å². The first-order valence-corrected chi connectivity index (χ1v) is 9.57. The number of hydrogen-bond acceptors (Lipinski definition) is 6. The van der Waals surface area contributed by atoms with Crippen molar-refractivity contribution in [3.8, 4) is 0 Å². The summed E-state index contributed by atoms with van der Waals surface area (Å²) in [5.74, 6) is -1.26. The highest BCUT2D eigenvalue weighted by Crippen LogP contribution is 2.22. The first-order valence-electron chi connectivity index (χ1n) is 8.76. The average Bonchev–Trinajstić information content (AvgIpc) is 3.24. The molecule has 4 rings (SSSR count). The fourth-order valence-corrected chi connectivity index (χ4v) is 3.75.